The Hall–Kier alpha value is -2.55. The molecule has 0 spiro atoms. The summed E-state index contributed by atoms with van der Waals surface area (Å²) in [4.78, 5) is 24.3. The molecule has 0 amide bonds. The third-order valence-electron chi connectivity index (χ3n) is 2.46. The number of carboxylic acid groups (broad SMARTS) is 1. The number of carbonyl (C=O) groups excluding carboxylic acids is 1. The fourth-order valence-corrected chi connectivity index (χ4v) is 1.57. The molecule has 0 atom stereocenters. The second-order valence-electron chi connectivity index (χ2n) is 4.06. The van der Waals surface area contributed by atoms with E-state index in [-0.39, 0.29) is 5.82 Å². The Morgan fingerprint density at radius 3 is 2.35 bits per heavy atom. The van der Waals surface area contributed by atoms with E-state index in [2.05, 4.69) is 9.72 Å². The number of pyridine rings is 1. The van der Waals surface area contributed by atoms with Gasteiger partial charge in [-0.2, -0.15) is 13.2 Å². The smallest absolute Gasteiger partial charge is 0.475 e. The van der Waals surface area contributed by atoms with Crippen molar-refractivity contribution < 1.29 is 32.6 Å². The maximum absolute atomic E-state index is 11.3. The maximum Gasteiger partial charge on any atom is 0.490 e. The number of aliphatic carboxylic acids is 1. The summed E-state index contributed by atoms with van der Waals surface area (Å²) in [5.74, 6) is -2.87. The number of nitrogens with two attached hydrogens (primary N) is 1. The van der Waals surface area contributed by atoms with E-state index in [0.29, 0.717) is 16.1 Å². The average molecular weight is 351 g/mol. The number of nitrogens with zero attached hydrogens (tertiary/aromatic N) is 1. The van der Waals surface area contributed by atoms with Crippen LogP contribution in [0.15, 0.2) is 24.3 Å². The van der Waals surface area contributed by atoms with Crippen molar-refractivity contribution in [3.8, 4) is 0 Å². The number of rotatable bonds is 1. The van der Waals surface area contributed by atoms with Crippen LogP contribution in [0.4, 0.5) is 19.0 Å². The number of benzene rings is 1. The standard InChI is InChI=1S/C11H9ClN2O2.C2HF3O2/c1-16-11(15)6-2-3-9-7(4-6)5-8(12)10(13)14-9;3-2(4,5)1(6)7/h2-5H,1H3,(H2,13,14);(H,6,7). The number of nitrogen functional groups attached to an aromatic ring is 1. The Labute approximate surface area is 132 Å². The minimum absolute atomic E-state index is 0.278. The largest absolute Gasteiger partial charge is 0.490 e. The van der Waals surface area contributed by atoms with Crippen LogP contribution in [0.1, 0.15) is 10.4 Å². The second-order valence-corrected chi connectivity index (χ2v) is 4.46. The van der Waals surface area contributed by atoms with Gasteiger partial charge in [-0.05, 0) is 24.3 Å². The van der Waals surface area contributed by atoms with Crippen molar-refractivity contribution in [2.75, 3.05) is 12.8 Å². The summed E-state index contributed by atoms with van der Waals surface area (Å²) in [6.45, 7) is 0. The van der Waals surface area contributed by atoms with Crippen molar-refractivity contribution >= 4 is 40.3 Å². The first-order valence-electron chi connectivity index (χ1n) is 5.80. The summed E-state index contributed by atoms with van der Waals surface area (Å²) in [7, 11) is 1.33. The van der Waals surface area contributed by atoms with Crippen LogP contribution in [0.2, 0.25) is 5.02 Å². The highest BCUT2D eigenvalue weighted by Gasteiger charge is 2.38. The molecule has 0 aliphatic carbocycles. The monoisotopic (exact) mass is 350 g/mol. The third kappa shape index (κ3) is 4.99. The predicted octanol–water partition coefficient (Wildman–Crippen LogP) is 2.89. The number of carbonyl (C=O) groups is 2. The fourth-order valence-electron chi connectivity index (χ4n) is 1.41. The van der Waals surface area contributed by atoms with Crippen molar-refractivity contribution in [2.45, 2.75) is 6.18 Å². The minimum Gasteiger partial charge on any atom is -0.475 e. The lowest BCUT2D eigenvalue weighted by atomic mass is 10.1. The van der Waals surface area contributed by atoms with E-state index in [4.69, 9.17) is 27.2 Å². The average Bonchev–Trinajstić information content (AvgIpc) is 2.47. The molecule has 0 unspecified atom stereocenters. The molecule has 0 fully saturated rings. The number of methoxy groups -OCH3 is 1. The number of aromatic nitrogens is 1. The summed E-state index contributed by atoms with van der Waals surface area (Å²) < 4.78 is 36.4. The summed E-state index contributed by atoms with van der Waals surface area (Å²) in [6, 6.07) is 6.67. The quantitative estimate of drug-likeness (QED) is 0.767. The number of carboxylic acids is 1. The molecule has 0 radical (unpaired) electrons. The molecular formula is C13H10ClF3N2O4. The zero-order valence-corrected chi connectivity index (χ0v) is 12.3. The van der Waals surface area contributed by atoms with Gasteiger partial charge in [0.25, 0.3) is 0 Å². The molecule has 1 aromatic carbocycles. The minimum atomic E-state index is -5.08. The van der Waals surface area contributed by atoms with Gasteiger partial charge in [-0.3, -0.25) is 0 Å². The van der Waals surface area contributed by atoms with Gasteiger partial charge in [0.15, 0.2) is 0 Å². The Balaban J connectivity index is 0.000000322. The van der Waals surface area contributed by atoms with Gasteiger partial charge in [-0.25, -0.2) is 14.6 Å². The number of hydrogen-bond acceptors (Lipinski definition) is 5. The van der Waals surface area contributed by atoms with E-state index in [1.807, 2.05) is 0 Å². The first-order chi connectivity index (χ1) is 10.6. The van der Waals surface area contributed by atoms with Gasteiger partial charge >= 0.3 is 18.1 Å². The molecule has 0 bridgehead atoms. The van der Waals surface area contributed by atoms with Gasteiger partial charge in [0.1, 0.15) is 5.82 Å². The van der Waals surface area contributed by atoms with Crippen LogP contribution >= 0.6 is 11.6 Å². The molecule has 3 N–H and O–H groups in total. The highest BCUT2D eigenvalue weighted by atomic mass is 35.5. The van der Waals surface area contributed by atoms with Gasteiger partial charge < -0.3 is 15.6 Å². The number of anilines is 1. The van der Waals surface area contributed by atoms with Crippen LogP contribution in [0.25, 0.3) is 10.9 Å². The number of alkyl halides is 3. The summed E-state index contributed by atoms with van der Waals surface area (Å²) >= 11 is 5.85. The molecule has 2 rings (SSSR count). The van der Waals surface area contributed by atoms with Crippen LogP contribution in [-0.4, -0.2) is 35.3 Å². The second kappa shape index (κ2) is 7.14. The molecule has 1 aromatic heterocycles. The molecule has 6 nitrogen and oxygen atoms in total. The van der Waals surface area contributed by atoms with Gasteiger partial charge in [0, 0.05) is 5.39 Å². The van der Waals surface area contributed by atoms with Crippen molar-refractivity contribution in [1.82, 2.24) is 4.98 Å². The Kier molecular flexibility index (Phi) is 5.74. The predicted molar refractivity (Wildman–Crippen MR) is 76.2 cm³/mol. The summed E-state index contributed by atoms with van der Waals surface area (Å²) in [6.07, 6.45) is -5.08. The topological polar surface area (TPSA) is 103 Å². The highest BCUT2D eigenvalue weighted by molar-refractivity contribution is 6.33. The fraction of sp³-hybridized carbons (Fsp3) is 0.154. The number of ether oxygens (including phenoxy) is 1. The lowest BCUT2D eigenvalue weighted by Gasteiger charge is -2.03. The highest BCUT2D eigenvalue weighted by Crippen LogP contribution is 2.23. The maximum atomic E-state index is 11.3. The molecule has 1 heterocycles. The van der Waals surface area contributed by atoms with Gasteiger partial charge in [0.05, 0.1) is 23.2 Å². The first kappa shape index (κ1) is 18.5. The molecule has 124 valence electrons. The van der Waals surface area contributed by atoms with Gasteiger partial charge in [-0.1, -0.05) is 11.6 Å². The van der Waals surface area contributed by atoms with Crippen molar-refractivity contribution in [1.29, 1.82) is 0 Å². The molecule has 23 heavy (non-hydrogen) atoms. The Morgan fingerprint density at radius 1 is 1.30 bits per heavy atom. The summed E-state index contributed by atoms with van der Waals surface area (Å²) in [5.41, 5.74) is 6.72. The van der Waals surface area contributed by atoms with Crippen molar-refractivity contribution in [2.24, 2.45) is 0 Å². The van der Waals surface area contributed by atoms with Gasteiger partial charge in [-0.15, -0.1) is 0 Å². The lowest BCUT2D eigenvalue weighted by Crippen LogP contribution is -2.21. The Morgan fingerprint density at radius 2 is 1.87 bits per heavy atom. The van der Waals surface area contributed by atoms with E-state index in [0.717, 1.165) is 5.39 Å². The van der Waals surface area contributed by atoms with E-state index in [1.165, 1.54) is 7.11 Å². The molecule has 10 heteroatoms. The lowest BCUT2D eigenvalue weighted by molar-refractivity contribution is -0.192. The van der Waals surface area contributed by atoms with Crippen molar-refractivity contribution in [3.63, 3.8) is 0 Å². The number of halogens is 4. The normalized spacial score (nSPS) is 10.7. The van der Waals surface area contributed by atoms with Crippen LogP contribution in [0, 0.1) is 0 Å². The molecule has 2 aromatic rings. The van der Waals surface area contributed by atoms with Crippen molar-refractivity contribution in [3.05, 3.63) is 34.9 Å². The third-order valence-corrected chi connectivity index (χ3v) is 2.76. The van der Waals surface area contributed by atoms with E-state index in [9.17, 15) is 18.0 Å². The molecule has 0 aliphatic heterocycles. The zero-order valence-electron chi connectivity index (χ0n) is 11.5. The molecule has 0 saturated carbocycles. The molecule has 0 aliphatic rings. The zero-order chi connectivity index (χ0) is 17.8. The molecule has 0 saturated heterocycles. The van der Waals surface area contributed by atoms with Gasteiger partial charge in [0.2, 0.25) is 0 Å². The number of fused-ring (bicyclic) bond motifs is 1. The number of esters is 1. The van der Waals surface area contributed by atoms with Crippen LogP contribution in [0.5, 0.6) is 0 Å². The van der Waals surface area contributed by atoms with Crippen LogP contribution in [0.3, 0.4) is 0 Å². The first-order valence-corrected chi connectivity index (χ1v) is 6.18. The van der Waals surface area contributed by atoms with E-state index >= 15 is 0 Å². The van der Waals surface area contributed by atoms with Crippen LogP contribution in [-0.2, 0) is 9.53 Å². The Bertz CT molecular complexity index is 750. The summed E-state index contributed by atoms with van der Waals surface area (Å²) in [5, 5.41) is 8.25. The number of hydrogen-bond donors (Lipinski definition) is 2. The van der Waals surface area contributed by atoms with E-state index in [1.54, 1.807) is 24.3 Å². The molecular weight excluding hydrogens is 341 g/mol. The van der Waals surface area contributed by atoms with Crippen LogP contribution < -0.4 is 5.73 Å². The van der Waals surface area contributed by atoms with E-state index < -0.39 is 18.1 Å². The SMILES string of the molecule is COC(=O)c1ccc2nc(N)c(Cl)cc2c1.O=C(O)C(F)(F)F.